The van der Waals surface area contributed by atoms with E-state index in [0.29, 0.717) is 13.0 Å². The van der Waals surface area contributed by atoms with E-state index in [2.05, 4.69) is 46.8 Å². The smallest absolute Gasteiger partial charge is 0.315 e. The molecule has 1 aromatic heterocycles. The van der Waals surface area contributed by atoms with Crippen LogP contribution in [0.1, 0.15) is 77.0 Å². The summed E-state index contributed by atoms with van der Waals surface area (Å²) in [6, 6.07) is 4.21. The summed E-state index contributed by atoms with van der Waals surface area (Å²) >= 11 is 1.70. The van der Waals surface area contributed by atoms with Crippen LogP contribution in [0.3, 0.4) is 0 Å². The molecule has 1 unspecified atom stereocenters. The normalized spacial score (nSPS) is 24.7. The molecule has 0 N–H and O–H groups in total. The highest BCUT2D eigenvalue weighted by atomic mass is 32.1. The minimum atomic E-state index is -0.532. The fourth-order valence-electron chi connectivity index (χ4n) is 4.21. The van der Waals surface area contributed by atoms with Crippen molar-refractivity contribution in [2.24, 2.45) is 16.3 Å². The van der Waals surface area contributed by atoms with Crippen molar-refractivity contribution in [2.45, 2.75) is 72.6 Å². The van der Waals surface area contributed by atoms with Gasteiger partial charge in [-0.2, -0.15) is 0 Å². The van der Waals surface area contributed by atoms with Gasteiger partial charge in [-0.25, -0.2) is 0 Å². The Hall–Kier alpha value is -1.75. The third-order valence-electron chi connectivity index (χ3n) is 5.52. The Labute approximate surface area is 172 Å². The van der Waals surface area contributed by atoms with Crippen molar-refractivity contribution in [1.82, 2.24) is 0 Å². The van der Waals surface area contributed by atoms with E-state index in [9.17, 15) is 9.59 Å². The highest BCUT2D eigenvalue weighted by molar-refractivity contribution is 7.12. The van der Waals surface area contributed by atoms with Crippen LogP contribution in [0, 0.1) is 11.3 Å². The first-order valence-electron chi connectivity index (χ1n) is 10.0. The Bertz CT molecular complexity index is 867. The van der Waals surface area contributed by atoms with E-state index in [1.54, 1.807) is 11.3 Å². The zero-order valence-electron chi connectivity index (χ0n) is 18.0. The van der Waals surface area contributed by atoms with Crippen LogP contribution >= 0.6 is 11.3 Å². The molecule has 0 amide bonds. The Morgan fingerprint density at radius 1 is 1.29 bits per heavy atom. The first-order valence-corrected chi connectivity index (χ1v) is 10.8. The third kappa shape index (κ3) is 3.86. The average Bonchev–Trinajstić information content (AvgIpc) is 3.02. The minimum Gasteiger partial charge on any atom is -0.465 e. The van der Waals surface area contributed by atoms with E-state index in [1.165, 1.54) is 4.88 Å². The summed E-state index contributed by atoms with van der Waals surface area (Å²) < 4.78 is 5.38. The van der Waals surface area contributed by atoms with Crippen LogP contribution < -0.4 is 0 Å². The largest absolute Gasteiger partial charge is 0.465 e. The molecular formula is C23H31NO3S. The second kappa shape index (κ2) is 7.25. The molecule has 0 saturated heterocycles. The number of carbonyl (C=O) groups is 2. The predicted molar refractivity (Wildman–Crippen MR) is 114 cm³/mol. The van der Waals surface area contributed by atoms with Gasteiger partial charge in [-0.3, -0.25) is 14.6 Å². The van der Waals surface area contributed by atoms with Gasteiger partial charge < -0.3 is 4.74 Å². The molecule has 0 spiro atoms. The quantitative estimate of drug-likeness (QED) is 0.635. The molecule has 3 rings (SSSR count). The highest BCUT2D eigenvalue weighted by Crippen LogP contribution is 2.49. The molecule has 0 radical (unpaired) electrons. The fourth-order valence-corrected chi connectivity index (χ4v) is 5.43. The number of hydrogen-bond acceptors (Lipinski definition) is 5. The second-order valence-electron chi connectivity index (χ2n) is 9.71. The van der Waals surface area contributed by atoms with Crippen LogP contribution in [-0.2, 0) is 19.7 Å². The van der Waals surface area contributed by atoms with Gasteiger partial charge in [0.25, 0.3) is 0 Å². The number of allylic oxidation sites excluding steroid dienone is 2. The number of hydrogen-bond donors (Lipinski definition) is 0. The molecule has 0 aromatic carbocycles. The molecule has 2 heterocycles. The van der Waals surface area contributed by atoms with E-state index < -0.39 is 5.92 Å². The van der Waals surface area contributed by atoms with Gasteiger partial charge in [0.1, 0.15) is 5.92 Å². The number of Topliss-reactive ketones (excluding diaryl/α,β-unsaturated/α-hetero) is 1. The molecule has 1 aliphatic heterocycles. The predicted octanol–water partition coefficient (Wildman–Crippen LogP) is 5.43. The maximum absolute atomic E-state index is 13.2. The Kier molecular flexibility index (Phi) is 5.43. The van der Waals surface area contributed by atoms with Gasteiger partial charge >= 0.3 is 5.97 Å². The second-order valence-corrected chi connectivity index (χ2v) is 10.8. The Balaban J connectivity index is 2.16. The third-order valence-corrected chi connectivity index (χ3v) is 7.11. The number of ketones is 1. The minimum absolute atomic E-state index is 0.0237. The molecule has 0 bridgehead atoms. The zero-order valence-corrected chi connectivity index (χ0v) is 18.8. The van der Waals surface area contributed by atoms with E-state index in [0.717, 1.165) is 28.3 Å². The SMILES string of the molecule is CCOC(=O)C1C(C)=NC2=C(C(=O)CC(C)(C)C2)[C@@H]1c1ccc(C(C)(C)C)s1. The summed E-state index contributed by atoms with van der Waals surface area (Å²) in [5, 5.41) is 0. The summed E-state index contributed by atoms with van der Waals surface area (Å²) in [5.74, 6) is -0.997. The molecular weight excluding hydrogens is 370 g/mol. The summed E-state index contributed by atoms with van der Waals surface area (Å²) in [6.45, 7) is 14.8. The maximum Gasteiger partial charge on any atom is 0.315 e. The van der Waals surface area contributed by atoms with Crippen molar-refractivity contribution in [1.29, 1.82) is 0 Å². The molecule has 1 aromatic rings. The van der Waals surface area contributed by atoms with E-state index in [-0.39, 0.29) is 28.5 Å². The lowest BCUT2D eigenvalue weighted by molar-refractivity contribution is -0.146. The van der Waals surface area contributed by atoms with Gasteiger partial charge in [-0.15, -0.1) is 11.3 Å². The number of rotatable bonds is 3. The van der Waals surface area contributed by atoms with Crippen molar-refractivity contribution in [3.63, 3.8) is 0 Å². The van der Waals surface area contributed by atoms with Crippen LogP contribution in [0.15, 0.2) is 28.4 Å². The van der Waals surface area contributed by atoms with Gasteiger partial charge in [0.15, 0.2) is 5.78 Å². The van der Waals surface area contributed by atoms with Crippen molar-refractivity contribution in [3.8, 4) is 0 Å². The first kappa shape index (κ1) is 21.0. The van der Waals surface area contributed by atoms with Crippen molar-refractivity contribution >= 4 is 28.8 Å². The van der Waals surface area contributed by atoms with Crippen molar-refractivity contribution < 1.29 is 14.3 Å². The lowest BCUT2D eigenvalue weighted by atomic mass is 9.68. The number of thiophene rings is 1. The zero-order chi connectivity index (χ0) is 20.9. The van der Waals surface area contributed by atoms with Crippen LogP contribution in [0.5, 0.6) is 0 Å². The monoisotopic (exact) mass is 401 g/mol. The summed E-state index contributed by atoms with van der Waals surface area (Å²) in [4.78, 5) is 33.1. The maximum atomic E-state index is 13.2. The van der Waals surface area contributed by atoms with Gasteiger partial charge in [0, 0.05) is 39.1 Å². The molecule has 2 aliphatic rings. The molecule has 0 fully saturated rings. The van der Waals surface area contributed by atoms with E-state index >= 15 is 0 Å². The molecule has 2 atom stereocenters. The fraction of sp³-hybridized carbons (Fsp3) is 0.609. The number of aliphatic imine (C=N–C) groups is 1. The molecule has 4 nitrogen and oxygen atoms in total. The molecule has 1 aliphatic carbocycles. The van der Waals surface area contributed by atoms with Crippen LogP contribution in [0.4, 0.5) is 0 Å². The first-order chi connectivity index (χ1) is 12.9. The van der Waals surface area contributed by atoms with Crippen LogP contribution in [0.2, 0.25) is 0 Å². The van der Waals surface area contributed by atoms with E-state index in [1.807, 2.05) is 13.8 Å². The average molecular weight is 402 g/mol. The topological polar surface area (TPSA) is 55.7 Å². The lowest BCUT2D eigenvalue weighted by Crippen LogP contribution is -2.39. The van der Waals surface area contributed by atoms with Gasteiger partial charge in [-0.1, -0.05) is 34.6 Å². The number of carbonyl (C=O) groups excluding carboxylic acids is 2. The summed E-state index contributed by atoms with van der Waals surface area (Å²) in [5.41, 5.74) is 2.25. The van der Waals surface area contributed by atoms with E-state index in [4.69, 9.17) is 9.73 Å². The van der Waals surface area contributed by atoms with Gasteiger partial charge in [0.05, 0.1) is 6.61 Å². The highest BCUT2D eigenvalue weighted by Gasteiger charge is 2.46. The molecule has 5 heteroatoms. The summed E-state index contributed by atoms with van der Waals surface area (Å²) in [7, 11) is 0. The molecule has 28 heavy (non-hydrogen) atoms. The van der Waals surface area contributed by atoms with Gasteiger partial charge in [0.2, 0.25) is 0 Å². The standard InChI is InChI=1S/C23H31NO3S/c1-8-27-21(26)18-13(2)24-14-11-23(6,7)12-15(25)19(14)20(18)16-9-10-17(28-16)22(3,4)5/h9-10,18,20H,8,11-12H2,1-7H3/t18?,20-/m1/s1. The molecule has 0 saturated carbocycles. The Morgan fingerprint density at radius 2 is 1.96 bits per heavy atom. The van der Waals surface area contributed by atoms with Gasteiger partial charge in [-0.05, 0) is 43.2 Å². The lowest BCUT2D eigenvalue weighted by Gasteiger charge is -2.38. The molecule has 152 valence electrons. The van der Waals surface area contributed by atoms with Crippen LogP contribution in [-0.4, -0.2) is 24.1 Å². The Morgan fingerprint density at radius 3 is 2.54 bits per heavy atom. The number of ether oxygens (including phenoxy) is 1. The number of esters is 1. The van der Waals surface area contributed by atoms with Crippen LogP contribution in [0.25, 0.3) is 0 Å². The van der Waals surface area contributed by atoms with Crippen molar-refractivity contribution in [3.05, 3.63) is 33.2 Å². The number of nitrogens with zero attached hydrogens (tertiary/aromatic N) is 1. The summed E-state index contributed by atoms with van der Waals surface area (Å²) in [6.07, 6.45) is 1.25. The van der Waals surface area contributed by atoms with Crippen molar-refractivity contribution in [2.75, 3.05) is 6.61 Å².